The molecule has 0 aromatic heterocycles. The van der Waals surface area contributed by atoms with Crippen molar-refractivity contribution >= 4 is 11.4 Å². The first-order valence-electron chi connectivity index (χ1n) is 6.84. The third kappa shape index (κ3) is 3.25. The Morgan fingerprint density at radius 3 is 2.76 bits per heavy atom. The summed E-state index contributed by atoms with van der Waals surface area (Å²) in [6.07, 6.45) is 0.873. The molecule has 1 aliphatic carbocycles. The molecule has 1 aliphatic rings. The second-order valence-electron chi connectivity index (χ2n) is 4.82. The summed E-state index contributed by atoms with van der Waals surface area (Å²) in [6.45, 7) is 2.60. The molecule has 116 valence electrons. The van der Waals surface area contributed by atoms with E-state index < -0.39 is 4.92 Å². The van der Waals surface area contributed by atoms with E-state index in [2.05, 4.69) is 5.32 Å². The molecule has 0 radical (unpaired) electrons. The summed E-state index contributed by atoms with van der Waals surface area (Å²) in [5.41, 5.74) is 0.714. The Kier molecular flexibility index (Phi) is 4.98. The molecule has 1 fully saturated rings. The minimum absolute atomic E-state index is 0.00138. The molecule has 3 unspecified atom stereocenters. The van der Waals surface area contributed by atoms with Gasteiger partial charge in [0.25, 0.3) is 5.69 Å². The van der Waals surface area contributed by atoms with E-state index in [9.17, 15) is 10.1 Å². The summed E-state index contributed by atoms with van der Waals surface area (Å²) in [5.74, 6) is 0.443. The largest absolute Gasteiger partial charge is 0.494 e. The number of non-ortho nitro benzene ring substituents is 1. The summed E-state index contributed by atoms with van der Waals surface area (Å²) in [6, 6.07) is 4.60. The lowest BCUT2D eigenvalue weighted by molar-refractivity contribution is -0.384. The van der Waals surface area contributed by atoms with Gasteiger partial charge in [-0.05, 0) is 19.4 Å². The quantitative estimate of drug-likeness (QED) is 0.613. The highest BCUT2D eigenvalue weighted by Crippen LogP contribution is 2.34. The number of nitro benzene ring substituents is 1. The number of methoxy groups -OCH3 is 2. The fraction of sp³-hybridized carbons (Fsp3) is 0.571. The molecular formula is C14H20N2O5. The number of ether oxygens (including phenoxy) is 3. The van der Waals surface area contributed by atoms with Crippen molar-refractivity contribution in [1.29, 1.82) is 0 Å². The van der Waals surface area contributed by atoms with Crippen LogP contribution >= 0.6 is 0 Å². The zero-order valence-corrected chi connectivity index (χ0v) is 12.4. The second kappa shape index (κ2) is 6.73. The number of nitrogens with zero attached hydrogens (tertiary/aromatic N) is 1. The molecule has 0 aliphatic heterocycles. The van der Waals surface area contributed by atoms with Crippen LogP contribution in [0, 0.1) is 10.1 Å². The van der Waals surface area contributed by atoms with Crippen molar-refractivity contribution in [2.45, 2.75) is 31.6 Å². The van der Waals surface area contributed by atoms with E-state index in [0.717, 1.165) is 6.42 Å². The molecule has 0 saturated heterocycles. The van der Waals surface area contributed by atoms with Gasteiger partial charge in [0, 0.05) is 19.8 Å². The molecule has 0 bridgehead atoms. The average Bonchev–Trinajstić information content (AvgIpc) is 2.46. The number of hydrogen-bond acceptors (Lipinski definition) is 6. The van der Waals surface area contributed by atoms with Crippen LogP contribution in [0.4, 0.5) is 11.4 Å². The lowest BCUT2D eigenvalue weighted by atomic mass is 9.85. The Morgan fingerprint density at radius 1 is 1.43 bits per heavy atom. The fourth-order valence-electron chi connectivity index (χ4n) is 2.53. The van der Waals surface area contributed by atoms with Crippen LogP contribution in [-0.4, -0.2) is 44.0 Å². The van der Waals surface area contributed by atoms with Crippen molar-refractivity contribution in [2.75, 3.05) is 26.1 Å². The third-order valence-electron chi connectivity index (χ3n) is 3.64. The summed E-state index contributed by atoms with van der Waals surface area (Å²) in [7, 11) is 3.14. The SMILES string of the molecule is CCOC1CC(Nc2ccc([N+](=O)[O-])cc2OC)C1OC. The summed E-state index contributed by atoms with van der Waals surface area (Å²) in [5, 5.41) is 14.1. The molecule has 1 aromatic rings. The molecular weight excluding hydrogens is 276 g/mol. The van der Waals surface area contributed by atoms with E-state index in [1.165, 1.54) is 19.2 Å². The number of nitro groups is 1. The van der Waals surface area contributed by atoms with Gasteiger partial charge < -0.3 is 19.5 Å². The number of nitrogens with one attached hydrogen (secondary N) is 1. The summed E-state index contributed by atoms with van der Waals surface area (Å²) >= 11 is 0. The number of anilines is 1. The minimum Gasteiger partial charge on any atom is -0.494 e. The predicted molar refractivity (Wildman–Crippen MR) is 77.9 cm³/mol. The molecule has 1 aromatic carbocycles. The van der Waals surface area contributed by atoms with Crippen LogP contribution in [0.1, 0.15) is 13.3 Å². The van der Waals surface area contributed by atoms with Crippen molar-refractivity contribution in [2.24, 2.45) is 0 Å². The second-order valence-corrected chi connectivity index (χ2v) is 4.82. The number of hydrogen-bond donors (Lipinski definition) is 1. The molecule has 0 heterocycles. The predicted octanol–water partition coefficient (Wildman–Crippen LogP) is 2.21. The van der Waals surface area contributed by atoms with Gasteiger partial charge in [0.05, 0.1) is 35.9 Å². The van der Waals surface area contributed by atoms with Crippen LogP contribution in [0.25, 0.3) is 0 Å². The molecule has 1 saturated carbocycles. The van der Waals surface area contributed by atoms with Gasteiger partial charge in [-0.15, -0.1) is 0 Å². The Labute approximate surface area is 123 Å². The molecule has 7 heteroatoms. The topological polar surface area (TPSA) is 82.9 Å². The standard InChI is InChI=1S/C14H20N2O5/c1-4-21-13-8-11(14(13)20-3)15-10-6-5-9(16(17)18)7-12(10)19-2/h5-7,11,13-15H,4,8H2,1-3H3. The maximum absolute atomic E-state index is 10.8. The smallest absolute Gasteiger partial charge is 0.273 e. The Balaban J connectivity index is 2.08. The first kappa shape index (κ1) is 15.5. The number of rotatable bonds is 7. The molecule has 21 heavy (non-hydrogen) atoms. The first-order chi connectivity index (χ1) is 10.1. The van der Waals surface area contributed by atoms with Crippen LogP contribution in [0.3, 0.4) is 0 Å². The van der Waals surface area contributed by atoms with Crippen LogP contribution in [0.15, 0.2) is 18.2 Å². The average molecular weight is 296 g/mol. The van der Waals surface area contributed by atoms with E-state index in [1.807, 2.05) is 6.92 Å². The zero-order chi connectivity index (χ0) is 15.4. The van der Waals surface area contributed by atoms with Crippen molar-refractivity contribution in [1.82, 2.24) is 0 Å². The first-order valence-corrected chi connectivity index (χ1v) is 6.84. The Bertz CT molecular complexity index is 508. The molecule has 0 amide bonds. The van der Waals surface area contributed by atoms with E-state index in [-0.39, 0.29) is 23.9 Å². The lowest BCUT2D eigenvalue weighted by Gasteiger charge is -2.43. The van der Waals surface area contributed by atoms with Crippen LogP contribution in [0.5, 0.6) is 5.75 Å². The number of benzene rings is 1. The van der Waals surface area contributed by atoms with E-state index in [1.54, 1.807) is 13.2 Å². The van der Waals surface area contributed by atoms with Crippen LogP contribution in [0.2, 0.25) is 0 Å². The fourth-order valence-corrected chi connectivity index (χ4v) is 2.53. The van der Waals surface area contributed by atoms with Gasteiger partial charge in [0.1, 0.15) is 11.9 Å². The van der Waals surface area contributed by atoms with Crippen LogP contribution in [-0.2, 0) is 9.47 Å². The molecule has 3 atom stereocenters. The minimum atomic E-state index is -0.446. The Hall–Kier alpha value is -1.86. The van der Waals surface area contributed by atoms with Crippen LogP contribution < -0.4 is 10.1 Å². The van der Waals surface area contributed by atoms with Gasteiger partial charge in [-0.1, -0.05) is 0 Å². The van der Waals surface area contributed by atoms with Gasteiger partial charge >= 0.3 is 0 Å². The Morgan fingerprint density at radius 2 is 2.19 bits per heavy atom. The molecule has 1 N–H and O–H groups in total. The van der Waals surface area contributed by atoms with E-state index in [0.29, 0.717) is 18.0 Å². The maximum Gasteiger partial charge on any atom is 0.273 e. The van der Waals surface area contributed by atoms with Gasteiger partial charge in [0.2, 0.25) is 0 Å². The van der Waals surface area contributed by atoms with Gasteiger partial charge in [-0.3, -0.25) is 10.1 Å². The lowest BCUT2D eigenvalue weighted by Crippen LogP contribution is -2.56. The summed E-state index contributed by atoms with van der Waals surface area (Å²) in [4.78, 5) is 10.3. The molecule has 2 rings (SSSR count). The van der Waals surface area contributed by atoms with Crippen molar-refractivity contribution in [3.05, 3.63) is 28.3 Å². The van der Waals surface area contributed by atoms with Gasteiger partial charge in [-0.25, -0.2) is 0 Å². The highest BCUT2D eigenvalue weighted by Gasteiger charge is 2.42. The molecule has 7 nitrogen and oxygen atoms in total. The van der Waals surface area contributed by atoms with E-state index >= 15 is 0 Å². The normalized spacial score (nSPS) is 24.2. The zero-order valence-electron chi connectivity index (χ0n) is 12.4. The highest BCUT2D eigenvalue weighted by molar-refractivity contribution is 5.61. The van der Waals surface area contributed by atoms with Gasteiger partial charge in [0.15, 0.2) is 0 Å². The summed E-state index contributed by atoms with van der Waals surface area (Å²) < 4.78 is 16.2. The third-order valence-corrected chi connectivity index (χ3v) is 3.64. The highest BCUT2D eigenvalue weighted by atomic mass is 16.6. The van der Waals surface area contributed by atoms with Crippen molar-refractivity contribution in [3.63, 3.8) is 0 Å². The van der Waals surface area contributed by atoms with Crippen molar-refractivity contribution < 1.29 is 19.1 Å². The van der Waals surface area contributed by atoms with E-state index in [4.69, 9.17) is 14.2 Å². The van der Waals surface area contributed by atoms with Gasteiger partial charge in [-0.2, -0.15) is 0 Å². The maximum atomic E-state index is 10.8. The molecule has 0 spiro atoms. The van der Waals surface area contributed by atoms with Crippen molar-refractivity contribution in [3.8, 4) is 5.75 Å². The monoisotopic (exact) mass is 296 g/mol.